The molecule has 0 spiro atoms. The predicted molar refractivity (Wildman–Crippen MR) is 90.7 cm³/mol. The number of para-hydroxylation sites is 2. The molecule has 2 heterocycles. The largest absolute Gasteiger partial charge is 0.349 e. The quantitative estimate of drug-likeness (QED) is 0.495. The van der Waals surface area contributed by atoms with Crippen molar-refractivity contribution >= 4 is 44.5 Å². The number of aromatic nitrogens is 3. The monoisotopic (exact) mass is 373 g/mol. The number of hydrogen-bond donors (Lipinski definition) is 1. The molecular formula is C16H12IN3. The van der Waals surface area contributed by atoms with Gasteiger partial charge in [-0.15, -0.1) is 0 Å². The SMILES string of the molecule is Cn1cc(I)c2cc(-c3nc4ccccc4[nH]3)ccc21. The van der Waals surface area contributed by atoms with Gasteiger partial charge in [0, 0.05) is 33.3 Å². The molecule has 0 aliphatic heterocycles. The van der Waals surface area contributed by atoms with E-state index in [1.54, 1.807) is 0 Å². The lowest BCUT2D eigenvalue weighted by Crippen LogP contribution is -1.84. The van der Waals surface area contributed by atoms with E-state index in [1.165, 1.54) is 14.5 Å². The Bertz CT molecular complexity index is 900. The fraction of sp³-hybridized carbons (Fsp3) is 0.0625. The van der Waals surface area contributed by atoms with Crippen LogP contribution >= 0.6 is 22.6 Å². The van der Waals surface area contributed by atoms with Crippen LogP contribution in [0.2, 0.25) is 0 Å². The van der Waals surface area contributed by atoms with Crippen LogP contribution in [0.25, 0.3) is 33.3 Å². The van der Waals surface area contributed by atoms with Crippen LogP contribution in [0.3, 0.4) is 0 Å². The summed E-state index contributed by atoms with van der Waals surface area (Å²) in [7, 11) is 2.07. The first-order chi connectivity index (χ1) is 9.72. The summed E-state index contributed by atoms with van der Waals surface area (Å²) in [5.74, 6) is 0.924. The van der Waals surface area contributed by atoms with Gasteiger partial charge >= 0.3 is 0 Å². The highest BCUT2D eigenvalue weighted by atomic mass is 127. The molecule has 0 aliphatic rings. The van der Waals surface area contributed by atoms with Gasteiger partial charge in [-0.3, -0.25) is 0 Å². The van der Waals surface area contributed by atoms with Crippen molar-refractivity contribution in [1.82, 2.24) is 14.5 Å². The van der Waals surface area contributed by atoms with Gasteiger partial charge in [0.25, 0.3) is 0 Å². The molecule has 2 aromatic carbocycles. The van der Waals surface area contributed by atoms with Crippen LogP contribution in [0.4, 0.5) is 0 Å². The molecule has 3 nitrogen and oxygen atoms in total. The van der Waals surface area contributed by atoms with Crippen LogP contribution in [0.15, 0.2) is 48.7 Å². The summed E-state index contributed by atoms with van der Waals surface area (Å²) in [6.45, 7) is 0. The van der Waals surface area contributed by atoms with E-state index in [4.69, 9.17) is 0 Å². The molecule has 98 valence electrons. The van der Waals surface area contributed by atoms with Crippen LogP contribution in [-0.2, 0) is 7.05 Å². The highest BCUT2D eigenvalue weighted by Crippen LogP contribution is 2.28. The van der Waals surface area contributed by atoms with E-state index in [2.05, 4.69) is 74.6 Å². The van der Waals surface area contributed by atoms with Crippen LogP contribution < -0.4 is 0 Å². The van der Waals surface area contributed by atoms with Gasteiger partial charge in [0.1, 0.15) is 5.82 Å². The second kappa shape index (κ2) is 4.34. The highest BCUT2D eigenvalue weighted by Gasteiger charge is 2.09. The first-order valence-electron chi connectivity index (χ1n) is 6.42. The maximum absolute atomic E-state index is 4.66. The molecule has 4 rings (SSSR count). The number of fused-ring (bicyclic) bond motifs is 2. The molecule has 0 amide bonds. The number of aryl methyl sites for hydroxylation is 1. The zero-order chi connectivity index (χ0) is 13.7. The Balaban J connectivity index is 1.95. The van der Waals surface area contributed by atoms with E-state index in [9.17, 15) is 0 Å². The van der Waals surface area contributed by atoms with E-state index in [1.807, 2.05) is 18.2 Å². The summed E-state index contributed by atoms with van der Waals surface area (Å²) in [5.41, 5.74) is 4.45. The minimum absolute atomic E-state index is 0.924. The summed E-state index contributed by atoms with van der Waals surface area (Å²) in [4.78, 5) is 8.04. The third kappa shape index (κ3) is 1.75. The number of halogens is 1. The molecule has 1 N–H and O–H groups in total. The lowest BCUT2D eigenvalue weighted by Gasteiger charge is -1.99. The number of hydrogen-bond acceptors (Lipinski definition) is 1. The van der Waals surface area contributed by atoms with Crippen LogP contribution in [0.1, 0.15) is 0 Å². The Morgan fingerprint density at radius 1 is 1.15 bits per heavy atom. The summed E-state index contributed by atoms with van der Waals surface area (Å²) >= 11 is 2.38. The number of H-pyrrole nitrogens is 1. The first-order valence-corrected chi connectivity index (χ1v) is 7.50. The summed E-state index contributed by atoms with van der Waals surface area (Å²) in [5, 5.41) is 1.27. The lowest BCUT2D eigenvalue weighted by atomic mass is 10.1. The van der Waals surface area contributed by atoms with Gasteiger partial charge in [0.05, 0.1) is 11.0 Å². The Labute approximate surface area is 129 Å². The number of rotatable bonds is 1. The summed E-state index contributed by atoms with van der Waals surface area (Å²) in [6.07, 6.45) is 2.15. The minimum atomic E-state index is 0.924. The molecule has 0 fully saturated rings. The van der Waals surface area contributed by atoms with E-state index in [0.29, 0.717) is 0 Å². The molecule has 2 aromatic heterocycles. The maximum Gasteiger partial charge on any atom is 0.138 e. The van der Waals surface area contributed by atoms with Gasteiger partial charge in [-0.1, -0.05) is 12.1 Å². The van der Waals surface area contributed by atoms with Gasteiger partial charge < -0.3 is 9.55 Å². The third-order valence-corrected chi connectivity index (χ3v) is 4.46. The minimum Gasteiger partial charge on any atom is -0.349 e. The third-order valence-electron chi connectivity index (χ3n) is 3.60. The van der Waals surface area contributed by atoms with Crippen LogP contribution in [0.5, 0.6) is 0 Å². The van der Waals surface area contributed by atoms with Gasteiger partial charge in [0.15, 0.2) is 0 Å². The standard InChI is InChI=1S/C16H12IN3/c1-20-9-12(17)11-8-10(6-7-15(11)20)16-18-13-4-2-3-5-14(13)19-16/h2-9H,1H3,(H,18,19). The Kier molecular flexibility index (Phi) is 2.60. The molecule has 0 aliphatic carbocycles. The van der Waals surface area contributed by atoms with Gasteiger partial charge in [-0.2, -0.15) is 0 Å². The Morgan fingerprint density at radius 2 is 2.00 bits per heavy atom. The van der Waals surface area contributed by atoms with Crippen LogP contribution in [0, 0.1) is 3.57 Å². The fourth-order valence-electron chi connectivity index (χ4n) is 2.58. The van der Waals surface area contributed by atoms with Gasteiger partial charge in [-0.05, 0) is 52.9 Å². The predicted octanol–water partition coefficient (Wildman–Crippen LogP) is 4.33. The molecule has 20 heavy (non-hydrogen) atoms. The first kappa shape index (κ1) is 12.0. The highest BCUT2D eigenvalue weighted by molar-refractivity contribution is 14.1. The molecule has 0 atom stereocenters. The van der Waals surface area contributed by atoms with Crippen LogP contribution in [-0.4, -0.2) is 14.5 Å². The number of nitrogens with one attached hydrogen (secondary N) is 1. The number of imidazole rings is 1. The van der Waals surface area contributed by atoms with Gasteiger partial charge in [0.2, 0.25) is 0 Å². The van der Waals surface area contributed by atoms with Crippen molar-refractivity contribution in [3.8, 4) is 11.4 Å². The molecule has 4 heteroatoms. The number of benzene rings is 2. The molecule has 4 aromatic rings. The second-order valence-corrected chi connectivity index (χ2v) is 6.08. The van der Waals surface area contributed by atoms with Crippen molar-refractivity contribution in [3.05, 3.63) is 52.2 Å². The average molecular weight is 373 g/mol. The van der Waals surface area contributed by atoms with Crippen molar-refractivity contribution in [2.75, 3.05) is 0 Å². The van der Waals surface area contributed by atoms with E-state index >= 15 is 0 Å². The van der Waals surface area contributed by atoms with Crippen molar-refractivity contribution in [3.63, 3.8) is 0 Å². The average Bonchev–Trinajstić information content (AvgIpc) is 3.01. The molecule has 0 radical (unpaired) electrons. The Morgan fingerprint density at radius 3 is 2.85 bits per heavy atom. The summed E-state index contributed by atoms with van der Waals surface area (Å²) < 4.78 is 3.41. The Hall–Kier alpha value is -1.82. The fourth-order valence-corrected chi connectivity index (χ4v) is 3.43. The maximum atomic E-state index is 4.66. The van der Waals surface area contributed by atoms with E-state index in [-0.39, 0.29) is 0 Å². The second-order valence-electron chi connectivity index (χ2n) is 4.92. The number of aromatic amines is 1. The normalized spacial score (nSPS) is 11.5. The molecular weight excluding hydrogens is 361 g/mol. The zero-order valence-corrected chi connectivity index (χ0v) is 13.0. The van der Waals surface area contributed by atoms with Crippen molar-refractivity contribution in [1.29, 1.82) is 0 Å². The lowest BCUT2D eigenvalue weighted by molar-refractivity contribution is 0.966. The van der Waals surface area contributed by atoms with Crippen molar-refractivity contribution in [2.45, 2.75) is 0 Å². The van der Waals surface area contributed by atoms with Crippen molar-refractivity contribution < 1.29 is 0 Å². The zero-order valence-electron chi connectivity index (χ0n) is 10.9. The number of nitrogens with zero attached hydrogens (tertiary/aromatic N) is 2. The topological polar surface area (TPSA) is 33.6 Å². The summed E-state index contributed by atoms with van der Waals surface area (Å²) in [6, 6.07) is 14.6. The molecule has 0 saturated carbocycles. The smallest absolute Gasteiger partial charge is 0.138 e. The molecule has 0 saturated heterocycles. The van der Waals surface area contributed by atoms with E-state index < -0.39 is 0 Å². The van der Waals surface area contributed by atoms with Crippen molar-refractivity contribution in [2.24, 2.45) is 7.05 Å². The molecule has 0 unspecified atom stereocenters. The van der Waals surface area contributed by atoms with Gasteiger partial charge in [-0.25, -0.2) is 4.98 Å². The molecule has 0 bridgehead atoms. The van der Waals surface area contributed by atoms with E-state index in [0.717, 1.165) is 22.4 Å².